The molecule has 0 saturated heterocycles. The maximum atomic E-state index is 12.1. The van der Waals surface area contributed by atoms with Crippen LogP contribution in [-0.4, -0.2) is 50.5 Å². The third kappa shape index (κ3) is 5.50. The predicted octanol–water partition coefficient (Wildman–Crippen LogP) is 2.35. The van der Waals surface area contributed by atoms with Gasteiger partial charge in [0.15, 0.2) is 9.84 Å². The number of hydrogen-bond acceptors (Lipinski definition) is 3. The number of sulfone groups is 1. The first kappa shape index (κ1) is 18.8. The third-order valence-corrected chi connectivity index (χ3v) is 5.84. The molecule has 0 saturated carbocycles. The SMILES string of the molecule is C[C@@H]([C@H](C)S(C)(=O)=O)N(C)C(=O)NCCc1cccc(Cl)c1. The maximum absolute atomic E-state index is 12.1. The van der Waals surface area contributed by atoms with E-state index in [4.69, 9.17) is 11.6 Å². The maximum Gasteiger partial charge on any atom is 0.317 e. The van der Waals surface area contributed by atoms with Gasteiger partial charge in [0.25, 0.3) is 0 Å². The van der Waals surface area contributed by atoms with Gasteiger partial charge in [0.2, 0.25) is 0 Å². The van der Waals surface area contributed by atoms with E-state index in [0.717, 1.165) is 5.56 Å². The molecule has 0 fully saturated rings. The van der Waals surface area contributed by atoms with E-state index in [1.807, 2.05) is 18.2 Å². The normalized spacial score (nSPS) is 14.2. The van der Waals surface area contributed by atoms with Gasteiger partial charge < -0.3 is 10.2 Å². The monoisotopic (exact) mass is 346 g/mol. The predicted molar refractivity (Wildman–Crippen MR) is 90.1 cm³/mol. The van der Waals surface area contributed by atoms with Crippen molar-refractivity contribution in [2.75, 3.05) is 19.8 Å². The minimum absolute atomic E-state index is 0.287. The minimum Gasteiger partial charge on any atom is -0.338 e. The molecule has 0 spiro atoms. The molecule has 0 unspecified atom stereocenters. The number of nitrogens with zero attached hydrogens (tertiary/aromatic N) is 1. The number of carbonyl (C=O) groups is 1. The number of hydrogen-bond donors (Lipinski definition) is 1. The zero-order chi connectivity index (χ0) is 16.9. The van der Waals surface area contributed by atoms with E-state index in [1.165, 1.54) is 11.2 Å². The van der Waals surface area contributed by atoms with E-state index in [9.17, 15) is 13.2 Å². The molecule has 0 bridgehead atoms. The molecule has 7 heteroatoms. The summed E-state index contributed by atoms with van der Waals surface area (Å²) in [6.07, 6.45) is 1.84. The first-order valence-corrected chi connectivity index (χ1v) is 9.40. The Hall–Kier alpha value is -1.27. The van der Waals surface area contributed by atoms with Crippen LogP contribution < -0.4 is 5.32 Å². The average molecular weight is 347 g/mol. The van der Waals surface area contributed by atoms with Crippen molar-refractivity contribution in [3.63, 3.8) is 0 Å². The molecule has 0 aliphatic heterocycles. The number of rotatable bonds is 6. The fourth-order valence-corrected chi connectivity index (χ4v) is 3.10. The topological polar surface area (TPSA) is 66.5 Å². The van der Waals surface area contributed by atoms with Gasteiger partial charge in [-0.3, -0.25) is 0 Å². The zero-order valence-electron chi connectivity index (χ0n) is 13.3. The minimum atomic E-state index is -3.19. The molecule has 1 aromatic rings. The van der Waals surface area contributed by atoms with Gasteiger partial charge >= 0.3 is 6.03 Å². The molecule has 0 aromatic heterocycles. The summed E-state index contributed by atoms with van der Waals surface area (Å²) < 4.78 is 23.1. The summed E-state index contributed by atoms with van der Waals surface area (Å²) in [5.41, 5.74) is 1.04. The lowest BCUT2D eigenvalue weighted by molar-refractivity contribution is 0.193. The van der Waals surface area contributed by atoms with Crippen LogP contribution in [0.3, 0.4) is 0 Å². The van der Waals surface area contributed by atoms with E-state index >= 15 is 0 Å². The highest BCUT2D eigenvalue weighted by atomic mass is 35.5. The summed E-state index contributed by atoms with van der Waals surface area (Å²) in [5, 5.41) is 2.84. The third-order valence-electron chi connectivity index (χ3n) is 3.86. The fraction of sp³-hybridized carbons (Fsp3) is 0.533. The fourth-order valence-electron chi connectivity index (χ4n) is 1.99. The molecule has 0 aliphatic rings. The van der Waals surface area contributed by atoms with Crippen molar-refractivity contribution in [2.45, 2.75) is 31.6 Å². The molecule has 0 aliphatic carbocycles. The second-order valence-electron chi connectivity index (χ2n) is 5.50. The number of amides is 2. The van der Waals surface area contributed by atoms with Crippen molar-refractivity contribution in [3.05, 3.63) is 34.9 Å². The Morgan fingerprint density at radius 3 is 2.55 bits per heavy atom. The quantitative estimate of drug-likeness (QED) is 0.859. The van der Waals surface area contributed by atoms with Gasteiger partial charge in [0.05, 0.1) is 5.25 Å². The lowest BCUT2D eigenvalue weighted by atomic mass is 10.1. The van der Waals surface area contributed by atoms with Crippen LogP contribution in [0, 0.1) is 0 Å². The van der Waals surface area contributed by atoms with Crippen molar-refractivity contribution in [1.29, 1.82) is 0 Å². The molecule has 2 amide bonds. The van der Waals surface area contributed by atoms with Gasteiger partial charge in [-0.15, -0.1) is 0 Å². The van der Waals surface area contributed by atoms with E-state index in [1.54, 1.807) is 27.0 Å². The summed E-state index contributed by atoms with van der Waals surface area (Å²) in [6, 6.07) is 6.76. The Kier molecular flexibility index (Phi) is 6.68. The van der Waals surface area contributed by atoms with E-state index in [2.05, 4.69) is 5.32 Å². The molecular formula is C15H23ClN2O3S. The first-order chi connectivity index (χ1) is 10.1. The van der Waals surface area contributed by atoms with Gasteiger partial charge in [0, 0.05) is 30.9 Å². The summed E-state index contributed by atoms with van der Waals surface area (Å²) in [5.74, 6) is 0. The van der Waals surface area contributed by atoms with Gasteiger partial charge in [-0.05, 0) is 38.0 Å². The number of benzene rings is 1. The highest BCUT2D eigenvalue weighted by molar-refractivity contribution is 7.91. The summed E-state index contributed by atoms with van der Waals surface area (Å²) in [4.78, 5) is 13.5. The number of nitrogens with one attached hydrogen (secondary N) is 1. The summed E-state index contributed by atoms with van der Waals surface area (Å²) >= 11 is 5.90. The van der Waals surface area contributed by atoms with E-state index < -0.39 is 21.1 Å². The molecule has 5 nitrogen and oxygen atoms in total. The van der Waals surface area contributed by atoms with Gasteiger partial charge in [0.1, 0.15) is 0 Å². The standard InChI is InChI=1S/C15H23ClN2O3S/c1-11(12(2)22(4,20)21)18(3)15(19)17-9-8-13-6-5-7-14(16)10-13/h5-7,10-12H,8-9H2,1-4H3,(H,17,19)/t11-,12-/m0/s1. The second-order valence-corrected chi connectivity index (χ2v) is 8.34. The Balaban J connectivity index is 2.51. The van der Waals surface area contributed by atoms with Crippen LogP contribution in [0.4, 0.5) is 4.79 Å². The zero-order valence-corrected chi connectivity index (χ0v) is 14.9. The molecule has 22 heavy (non-hydrogen) atoms. The molecule has 1 rings (SSSR count). The van der Waals surface area contributed by atoms with Crippen LogP contribution in [0.5, 0.6) is 0 Å². The van der Waals surface area contributed by atoms with Gasteiger partial charge in [-0.25, -0.2) is 13.2 Å². The molecule has 0 radical (unpaired) electrons. The summed E-state index contributed by atoms with van der Waals surface area (Å²) in [6.45, 7) is 3.79. The number of halogens is 1. The Morgan fingerprint density at radius 1 is 1.36 bits per heavy atom. The highest BCUT2D eigenvalue weighted by Gasteiger charge is 2.27. The molecular weight excluding hydrogens is 324 g/mol. The average Bonchev–Trinajstić information content (AvgIpc) is 2.43. The van der Waals surface area contributed by atoms with E-state index in [0.29, 0.717) is 18.0 Å². The Morgan fingerprint density at radius 2 is 2.00 bits per heavy atom. The highest BCUT2D eigenvalue weighted by Crippen LogP contribution is 2.12. The van der Waals surface area contributed by atoms with E-state index in [-0.39, 0.29) is 6.03 Å². The van der Waals surface area contributed by atoms with Crippen molar-refractivity contribution >= 4 is 27.5 Å². The molecule has 1 aromatic carbocycles. The Labute approximate surface area is 137 Å². The summed E-state index contributed by atoms with van der Waals surface area (Å²) in [7, 11) is -1.59. The van der Waals surface area contributed by atoms with Crippen LogP contribution in [0.25, 0.3) is 0 Å². The van der Waals surface area contributed by atoms with Crippen LogP contribution in [0.1, 0.15) is 19.4 Å². The lowest BCUT2D eigenvalue weighted by Gasteiger charge is -2.29. The van der Waals surface area contributed by atoms with Crippen molar-refractivity contribution in [1.82, 2.24) is 10.2 Å². The largest absolute Gasteiger partial charge is 0.338 e. The van der Waals surface area contributed by atoms with Gasteiger partial charge in [-0.1, -0.05) is 23.7 Å². The molecule has 2 atom stereocenters. The van der Waals surface area contributed by atoms with Crippen molar-refractivity contribution in [2.24, 2.45) is 0 Å². The van der Waals surface area contributed by atoms with Crippen molar-refractivity contribution in [3.8, 4) is 0 Å². The molecule has 0 heterocycles. The van der Waals surface area contributed by atoms with Crippen molar-refractivity contribution < 1.29 is 13.2 Å². The van der Waals surface area contributed by atoms with Crippen LogP contribution in [0.2, 0.25) is 5.02 Å². The van der Waals surface area contributed by atoms with Gasteiger partial charge in [-0.2, -0.15) is 0 Å². The molecule has 1 N–H and O–H groups in total. The van der Waals surface area contributed by atoms with Crippen LogP contribution in [-0.2, 0) is 16.3 Å². The number of urea groups is 1. The Bertz CT molecular complexity index is 619. The van der Waals surface area contributed by atoms with Crippen LogP contribution in [0.15, 0.2) is 24.3 Å². The van der Waals surface area contributed by atoms with Crippen LogP contribution >= 0.6 is 11.6 Å². The lowest BCUT2D eigenvalue weighted by Crippen LogP contribution is -2.48. The first-order valence-electron chi connectivity index (χ1n) is 7.07. The number of carbonyl (C=O) groups excluding carboxylic acids is 1. The smallest absolute Gasteiger partial charge is 0.317 e. The molecule has 124 valence electrons. The second kappa shape index (κ2) is 7.83.